The number of anilines is 2. The molecular formula is C10H13Cl2N3. The molecule has 1 aromatic heterocycles. The summed E-state index contributed by atoms with van der Waals surface area (Å²) in [6.07, 6.45) is 1.17. The fourth-order valence-corrected chi connectivity index (χ4v) is 2.30. The maximum Gasteiger partial charge on any atom is 0.149 e. The van der Waals surface area contributed by atoms with Gasteiger partial charge in [-0.2, -0.15) is 0 Å². The van der Waals surface area contributed by atoms with E-state index in [4.69, 9.17) is 28.9 Å². The van der Waals surface area contributed by atoms with Gasteiger partial charge in [0.05, 0.1) is 10.0 Å². The number of nitrogen functional groups attached to an aromatic ring is 1. The number of halogens is 2. The summed E-state index contributed by atoms with van der Waals surface area (Å²) in [7, 11) is 0. The highest BCUT2D eigenvalue weighted by atomic mass is 35.5. The smallest absolute Gasteiger partial charge is 0.149 e. The second-order valence-electron chi connectivity index (χ2n) is 4.00. The second-order valence-corrected chi connectivity index (χ2v) is 4.82. The van der Waals surface area contributed by atoms with Gasteiger partial charge in [-0.15, -0.1) is 0 Å². The van der Waals surface area contributed by atoms with E-state index in [1.165, 1.54) is 6.42 Å². The van der Waals surface area contributed by atoms with Crippen LogP contribution < -0.4 is 10.6 Å². The molecule has 1 fully saturated rings. The van der Waals surface area contributed by atoms with Gasteiger partial charge < -0.3 is 10.6 Å². The third-order valence-electron chi connectivity index (χ3n) is 2.66. The molecule has 1 aliphatic rings. The minimum Gasteiger partial charge on any atom is -0.382 e. The van der Waals surface area contributed by atoms with Crippen molar-refractivity contribution in [3.63, 3.8) is 0 Å². The van der Waals surface area contributed by atoms with Gasteiger partial charge in [-0.1, -0.05) is 30.1 Å². The highest BCUT2D eigenvalue weighted by molar-refractivity contribution is 6.37. The van der Waals surface area contributed by atoms with Crippen molar-refractivity contribution >= 4 is 34.8 Å². The molecule has 0 amide bonds. The summed E-state index contributed by atoms with van der Waals surface area (Å²) in [4.78, 5) is 6.38. The fourth-order valence-electron chi connectivity index (χ4n) is 1.82. The molecule has 1 aliphatic heterocycles. The van der Waals surface area contributed by atoms with Crippen molar-refractivity contribution in [1.29, 1.82) is 0 Å². The van der Waals surface area contributed by atoms with Gasteiger partial charge in [0.25, 0.3) is 0 Å². The van der Waals surface area contributed by atoms with E-state index in [1.54, 1.807) is 6.07 Å². The maximum absolute atomic E-state index is 6.09. The summed E-state index contributed by atoms with van der Waals surface area (Å²) in [5.74, 6) is 1.78. The molecule has 1 saturated heterocycles. The average molecular weight is 246 g/mol. The van der Waals surface area contributed by atoms with Gasteiger partial charge >= 0.3 is 0 Å². The van der Waals surface area contributed by atoms with Gasteiger partial charge in [0.15, 0.2) is 0 Å². The lowest BCUT2D eigenvalue weighted by molar-refractivity contribution is 0.659. The molecule has 0 bridgehead atoms. The highest BCUT2D eigenvalue weighted by Gasteiger charge is 2.22. The molecule has 0 spiro atoms. The Morgan fingerprint density at radius 3 is 2.80 bits per heavy atom. The Labute approximate surface area is 99.2 Å². The number of nitrogens with two attached hydrogens (primary N) is 1. The van der Waals surface area contributed by atoms with Crippen LogP contribution in [0.1, 0.15) is 13.3 Å². The molecule has 1 aromatic rings. The first-order chi connectivity index (χ1) is 7.08. The predicted molar refractivity (Wildman–Crippen MR) is 64.7 cm³/mol. The van der Waals surface area contributed by atoms with Crippen LogP contribution in [0, 0.1) is 5.92 Å². The van der Waals surface area contributed by atoms with Crippen molar-refractivity contribution in [2.75, 3.05) is 23.7 Å². The van der Waals surface area contributed by atoms with E-state index in [2.05, 4.69) is 16.8 Å². The second kappa shape index (κ2) is 4.06. The number of rotatable bonds is 1. The lowest BCUT2D eigenvalue weighted by Crippen LogP contribution is -2.21. The van der Waals surface area contributed by atoms with Gasteiger partial charge in [-0.3, -0.25) is 0 Å². The maximum atomic E-state index is 6.09. The van der Waals surface area contributed by atoms with Crippen LogP contribution in [0.3, 0.4) is 0 Å². The van der Waals surface area contributed by atoms with Crippen molar-refractivity contribution in [3.8, 4) is 0 Å². The zero-order valence-corrected chi connectivity index (χ0v) is 10.0. The summed E-state index contributed by atoms with van der Waals surface area (Å²) in [5.41, 5.74) is 5.66. The van der Waals surface area contributed by atoms with Gasteiger partial charge in [-0.25, -0.2) is 4.98 Å². The predicted octanol–water partition coefficient (Wildman–Crippen LogP) is 2.82. The number of nitrogens with zero attached hydrogens (tertiary/aromatic N) is 2. The molecule has 0 aliphatic carbocycles. The lowest BCUT2D eigenvalue weighted by atomic mass is 10.2. The molecule has 0 saturated carbocycles. The first-order valence-electron chi connectivity index (χ1n) is 4.94. The SMILES string of the molecule is CC1CCN(c2nc(N)c(Cl)cc2Cl)C1. The molecule has 82 valence electrons. The standard InChI is InChI=1S/C10H13Cl2N3/c1-6-2-3-15(5-6)10-8(12)4-7(11)9(13)14-10/h4,6H,2-3,5H2,1H3,(H2,13,14). The summed E-state index contributed by atoms with van der Waals surface area (Å²) >= 11 is 11.9. The van der Waals surface area contributed by atoms with Crippen LogP contribution in [0.4, 0.5) is 11.6 Å². The molecule has 3 nitrogen and oxygen atoms in total. The zero-order valence-electron chi connectivity index (χ0n) is 8.50. The Hall–Kier alpha value is -0.670. The van der Waals surface area contributed by atoms with Crippen molar-refractivity contribution in [1.82, 2.24) is 4.98 Å². The Bertz CT molecular complexity index is 381. The Balaban J connectivity index is 2.32. The van der Waals surface area contributed by atoms with E-state index in [-0.39, 0.29) is 0 Å². The average Bonchev–Trinajstić information content (AvgIpc) is 2.58. The minimum atomic E-state index is 0.343. The third kappa shape index (κ3) is 2.13. The topological polar surface area (TPSA) is 42.2 Å². The molecule has 1 atom stereocenters. The van der Waals surface area contributed by atoms with Crippen molar-refractivity contribution in [2.45, 2.75) is 13.3 Å². The zero-order chi connectivity index (χ0) is 11.0. The van der Waals surface area contributed by atoms with E-state index in [9.17, 15) is 0 Å². The van der Waals surface area contributed by atoms with Crippen LogP contribution in [0.2, 0.25) is 10.0 Å². The fraction of sp³-hybridized carbons (Fsp3) is 0.500. The number of aromatic nitrogens is 1. The van der Waals surface area contributed by atoms with E-state index in [0.29, 0.717) is 21.8 Å². The van der Waals surface area contributed by atoms with Crippen LogP contribution in [0.15, 0.2) is 6.07 Å². The van der Waals surface area contributed by atoms with E-state index in [1.807, 2.05) is 0 Å². The molecular weight excluding hydrogens is 233 g/mol. The molecule has 15 heavy (non-hydrogen) atoms. The first-order valence-corrected chi connectivity index (χ1v) is 5.70. The summed E-state index contributed by atoms with van der Waals surface area (Å²) in [5, 5.41) is 0.985. The lowest BCUT2D eigenvalue weighted by Gasteiger charge is -2.18. The van der Waals surface area contributed by atoms with Crippen LogP contribution in [-0.2, 0) is 0 Å². The van der Waals surface area contributed by atoms with Crippen molar-refractivity contribution < 1.29 is 0 Å². The molecule has 5 heteroatoms. The third-order valence-corrected chi connectivity index (χ3v) is 3.24. The van der Waals surface area contributed by atoms with E-state index < -0.39 is 0 Å². The van der Waals surface area contributed by atoms with Gasteiger partial charge in [0.1, 0.15) is 11.6 Å². The van der Waals surface area contributed by atoms with Crippen molar-refractivity contribution in [3.05, 3.63) is 16.1 Å². The van der Waals surface area contributed by atoms with Gasteiger partial charge in [-0.05, 0) is 18.4 Å². The summed E-state index contributed by atoms with van der Waals surface area (Å²) < 4.78 is 0. The molecule has 2 N–H and O–H groups in total. The van der Waals surface area contributed by atoms with E-state index >= 15 is 0 Å². The minimum absolute atomic E-state index is 0.343. The van der Waals surface area contributed by atoms with Gasteiger partial charge in [0, 0.05) is 13.1 Å². The molecule has 2 rings (SSSR count). The monoisotopic (exact) mass is 245 g/mol. The van der Waals surface area contributed by atoms with Crippen LogP contribution in [0.5, 0.6) is 0 Å². The first kappa shape index (κ1) is 10.8. The molecule has 1 unspecified atom stereocenters. The number of hydrogen-bond donors (Lipinski definition) is 1. The van der Waals surface area contributed by atoms with Crippen molar-refractivity contribution in [2.24, 2.45) is 5.92 Å². The molecule has 0 radical (unpaired) electrons. The summed E-state index contributed by atoms with van der Waals surface area (Å²) in [6, 6.07) is 1.66. The Morgan fingerprint density at radius 1 is 1.47 bits per heavy atom. The largest absolute Gasteiger partial charge is 0.382 e. The normalized spacial score (nSPS) is 21.0. The number of pyridine rings is 1. The van der Waals surface area contributed by atoms with Gasteiger partial charge in [0.2, 0.25) is 0 Å². The van der Waals surface area contributed by atoms with Crippen LogP contribution in [0.25, 0.3) is 0 Å². The number of hydrogen-bond acceptors (Lipinski definition) is 3. The molecule has 2 heterocycles. The van der Waals surface area contributed by atoms with Crippen LogP contribution in [-0.4, -0.2) is 18.1 Å². The van der Waals surface area contributed by atoms with Crippen LogP contribution >= 0.6 is 23.2 Å². The van der Waals surface area contributed by atoms with E-state index in [0.717, 1.165) is 18.9 Å². The summed E-state index contributed by atoms with van der Waals surface area (Å²) in [6.45, 7) is 4.18. The quantitative estimate of drug-likeness (QED) is 0.828. The highest BCUT2D eigenvalue weighted by Crippen LogP contribution is 2.32. The Kier molecular flexibility index (Phi) is 2.94. The molecule has 0 aromatic carbocycles. The Morgan fingerprint density at radius 2 is 2.20 bits per heavy atom.